The third kappa shape index (κ3) is 4.80. The summed E-state index contributed by atoms with van der Waals surface area (Å²) >= 11 is 1.43. The lowest BCUT2D eigenvalue weighted by molar-refractivity contribution is 0.116. The molecule has 0 aliphatic carbocycles. The number of benzene rings is 2. The van der Waals surface area contributed by atoms with Crippen LogP contribution in [0, 0.1) is 5.82 Å². The molecular weight excluding hydrogens is 413 g/mol. The zero-order chi connectivity index (χ0) is 20.9. The minimum atomic E-state index is -2.81. The van der Waals surface area contributed by atoms with Crippen molar-refractivity contribution in [1.29, 1.82) is 0 Å². The fourth-order valence-electron chi connectivity index (χ4n) is 2.69. The Morgan fingerprint density at radius 1 is 1.00 bits per heavy atom. The van der Waals surface area contributed by atoms with Crippen LogP contribution in [0.3, 0.4) is 0 Å². The predicted octanol–water partition coefficient (Wildman–Crippen LogP) is 5.92. The first-order valence-electron chi connectivity index (χ1n) is 8.90. The van der Waals surface area contributed by atoms with Crippen LogP contribution in [-0.4, -0.2) is 15.2 Å². The van der Waals surface area contributed by atoms with E-state index in [1.54, 1.807) is 30.6 Å². The molecule has 0 atom stereocenters. The number of anilines is 1. The van der Waals surface area contributed by atoms with Crippen molar-refractivity contribution in [1.82, 2.24) is 15.2 Å². The largest absolute Gasteiger partial charge is 0.415 e. The molecule has 0 amide bonds. The maximum absolute atomic E-state index is 13.8. The normalized spacial score (nSPS) is 11.1. The second-order valence-corrected chi connectivity index (χ2v) is 7.33. The standard InChI is InChI=1S/C21H15F3N4OS/c22-16-3-1-4-17(11-16)28(30-18-5-2-10-25-12-18)13-14-6-8-15(9-7-14)20-26-27-21(29-20)19(23)24/h1-12,19H,13H2. The predicted molar refractivity (Wildman–Crippen MR) is 107 cm³/mol. The van der Waals surface area contributed by atoms with Crippen molar-refractivity contribution >= 4 is 17.6 Å². The molecule has 0 unspecified atom stereocenters. The molecule has 152 valence electrons. The van der Waals surface area contributed by atoms with Crippen LogP contribution in [0.1, 0.15) is 17.9 Å². The molecule has 0 aliphatic rings. The van der Waals surface area contributed by atoms with Gasteiger partial charge in [-0.05, 0) is 60.0 Å². The van der Waals surface area contributed by atoms with Crippen LogP contribution in [0.25, 0.3) is 11.5 Å². The molecule has 0 saturated heterocycles. The summed E-state index contributed by atoms with van der Waals surface area (Å²) in [4.78, 5) is 5.02. The summed E-state index contributed by atoms with van der Waals surface area (Å²) in [6.45, 7) is 0.468. The second-order valence-electron chi connectivity index (χ2n) is 6.24. The summed E-state index contributed by atoms with van der Waals surface area (Å²) in [6, 6.07) is 17.2. The monoisotopic (exact) mass is 428 g/mol. The molecule has 0 radical (unpaired) electrons. The van der Waals surface area contributed by atoms with Gasteiger partial charge in [0.2, 0.25) is 5.89 Å². The summed E-state index contributed by atoms with van der Waals surface area (Å²) in [5.41, 5.74) is 2.16. The summed E-state index contributed by atoms with van der Waals surface area (Å²) in [5, 5.41) is 6.99. The molecule has 5 nitrogen and oxygen atoms in total. The van der Waals surface area contributed by atoms with Gasteiger partial charge in [0.1, 0.15) is 5.82 Å². The Labute approximate surface area is 174 Å². The van der Waals surface area contributed by atoms with E-state index in [-0.39, 0.29) is 11.7 Å². The van der Waals surface area contributed by atoms with Gasteiger partial charge in [-0.15, -0.1) is 10.2 Å². The van der Waals surface area contributed by atoms with Gasteiger partial charge in [-0.1, -0.05) is 18.2 Å². The van der Waals surface area contributed by atoms with Gasteiger partial charge in [-0.3, -0.25) is 4.98 Å². The van der Waals surface area contributed by atoms with E-state index in [1.807, 2.05) is 34.6 Å². The van der Waals surface area contributed by atoms with Gasteiger partial charge < -0.3 is 8.72 Å². The van der Waals surface area contributed by atoms with Crippen molar-refractivity contribution in [3.63, 3.8) is 0 Å². The van der Waals surface area contributed by atoms with Crippen molar-refractivity contribution in [2.75, 3.05) is 4.31 Å². The Morgan fingerprint density at radius 3 is 2.50 bits per heavy atom. The topological polar surface area (TPSA) is 55.1 Å². The number of pyridine rings is 1. The molecule has 0 aliphatic heterocycles. The van der Waals surface area contributed by atoms with Crippen molar-refractivity contribution in [2.45, 2.75) is 17.9 Å². The Kier molecular flexibility index (Phi) is 5.99. The number of nitrogens with zero attached hydrogens (tertiary/aromatic N) is 4. The first-order chi connectivity index (χ1) is 14.6. The molecule has 0 saturated carbocycles. The highest BCUT2D eigenvalue weighted by Gasteiger charge is 2.17. The van der Waals surface area contributed by atoms with E-state index < -0.39 is 12.3 Å². The molecule has 2 aromatic carbocycles. The fourth-order valence-corrected chi connectivity index (χ4v) is 3.63. The van der Waals surface area contributed by atoms with Crippen LogP contribution in [0.2, 0.25) is 0 Å². The maximum Gasteiger partial charge on any atom is 0.314 e. The van der Waals surface area contributed by atoms with Crippen molar-refractivity contribution in [3.8, 4) is 11.5 Å². The molecule has 4 aromatic rings. The van der Waals surface area contributed by atoms with Gasteiger partial charge in [0.05, 0.1) is 12.2 Å². The van der Waals surface area contributed by atoms with Crippen LogP contribution in [0.4, 0.5) is 18.9 Å². The van der Waals surface area contributed by atoms with E-state index in [4.69, 9.17) is 4.42 Å². The SMILES string of the molecule is Fc1cccc(N(Cc2ccc(-c3nnc(C(F)F)o3)cc2)Sc2cccnc2)c1. The van der Waals surface area contributed by atoms with Crippen molar-refractivity contribution in [3.05, 3.63) is 90.3 Å². The molecule has 4 rings (SSSR count). The molecule has 2 heterocycles. The quantitative estimate of drug-likeness (QED) is 0.341. The number of hydrogen-bond acceptors (Lipinski definition) is 6. The number of alkyl halides is 2. The van der Waals surface area contributed by atoms with E-state index in [1.165, 1.54) is 24.1 Å². The number of hydrogen-bond donors (Lipinski definition) is 0. The Morgan fingerprint density at radius 2 is 1.83 bits per heavy atom. The number of aromatic nitrogens is 3. The van der Waals surface area contributed by atoms with E-state index in [0.29, 0.717) is 17.8 Å². The second kappa shape index (κ2) is 9.00. The van der Waals surface area contributed by atoms with Gasteiger partial charge in [-0.2, -0.15) is 8.78 Å². The highest BCUT2D eigenvalue weighted by molar-refractivity contribution is 8.00. The lowest BCUT2D eigenvalue weighted by atomic mass is 10.1. The average molecular weight is 428 g/mol. The van der Waals surface area contributed by atoms with E-state index in [0.717, 1.165) is 10.5 Å². The van der Waals surface area contributed by atoms with Crippen molar-refractivity contribution < 1.29 is 17.6 Å². The van der Waals surface area contributed by atoms with Gasteiger partial charge in [0.25, 0.3) is 5.89 Å². The van der Waals surface area contributed by atoms with Crippen molar-refractivity contribution in [2.24, 2.45) is 0 Å². The van der Waals surface area contributed by atoms with Crippen LogP contribution in [0.15, 0.2) is 82.4 Å². The average Bonchev–Trinajstić information content (AvgIpc) is 3.25. The number of rotatable bonds is 7. The van der Waals surface area contributed by atoms with E-state index >= 15 is 0 Å². The Hall–Kier alpha value is -3.33. The summed E-state index contributed by atoms with van der Waals surface area (Å²) < 4.78 is 46.0. The molecule has 30 heavy (non-hydrogen) atoms. The first kappa shape index (κ1) is 20.0. The summed E-state index contributed by atoms with van der Waals surface area (Å²) in [5.74, 6) is -1.01. The molecule has 2 aromatic heterocycles. The zero-order valence-electron chi connectivity index (χ0n) is 15.5. The Balaban J connectivity index is 1.56. The zero-order valence-corrected chi connectivity index (χ0v) is 16.3. The molecular formula is C21H15F3N4OS. The smallest absolute Gasteiger partial charge is 0.314 e. The molecule has 0 N–H and O–H groups in total. The van der Waals surface area contributed by atoms with Crippen LogP contribution >= 0.6 is 11.9 Å². The summed E-state index contributed by atoms with van der Waals surface area (Å²) in [7, 11) is 0. The van der Waals surface area contributed by atoms with E-state index in [2.05, 4.69) is 15.2 Å². The van der Waals surface area contributed by atoms with Gasteiger partial charge in [-0.25, -0.2) is 4.39 Å². The van der Waals surface area contributed by atoms with Crippen LogP contribution in [0.5, 0.6) is 0 Å². The van der Waals surface area contributed by atoms with Gasteiger partial charge in [0.15, 0.2) is 0 Å². The van der Waals surface area contributed by atoms with Gasteiger partial charge >= 0.3 is 6.43 Å². The molecule has 9 heteroatoms. The fraction of sp³-hybridized carbons (Fsp3) is 0.0952. The first-order valence-corrected chi connectivity index (χ1v) is 9.68. The lowest BCUT2D eigenvalue weighted by Gasteiger charge is -2.23. The molecule has 0 bridgehead atoms. The third-order valence-electron chi connectivity index (χ3n) is 4.10. The minimum Gasteiger partial charge on any atom is -0.415 e. The molecule has 0 spiro atoms. The third-order valence-corrected chi connectivity index (χ3v) is 5.11. The van der Waals surface area contributed by atoms with Crippen LogP contribution < -0.4 is 4.31 Å². The lowest BCUT2D eigenvalue weighted by Crippen LogP contribution is -2.14. The van der Waals surface area contributed by atoms with Gasteiger partial charge in [0, 0.05) is 22.9 Å². The minimum absolute atomic E-state index is 0.0311. The maximum atomic E-state index is 13.8. The highest BCUT2D eigenvalue weighted by Crippen LogP contribution is 2.31. The summed E-state index contributed by atoms with van der Waals surface area (Å²) in [6.07, 6.45) is 0.609. The highest BCUT2D eigenvalue weighted by atomic mass is 32.2. The number of halogens is 3. The van der Waals surface area contributed by atoms with Crippen LogP contribution in [-0.2, 0) is 6.54 Å². The Bertz CT molecular complexity index is 1110. The molecule has 0 fully saturated rings. The van der Waals surface area contributed by atoms with E-state index in [9.17, 15) is 13.2 Å².